The van der Waals surface area contributed by atoms with E-state index in [0.717, 1.165) is 0 Å². The van der Waals surface area contributed by atoms with Crippen molar-refractivity contribution < 1.29 is 9.59 Å². The van der Waals surface area contributed by atoms with E-state index in [9.17, 15) is 9.59 Å². The average molecular weight is 207 g/mol. The molecule has 0 bridgehead atoms. The summed E-state index contributed by atoms with van der Waals surface area (Å²) in [5.41, 5.74) is 7.55. The minimum Gasteiger partial charge on any atom is -0.395 e. The van der Waals surface area contributed by atoms with Gasteiger partial charge in [0.05, 0.1) is 5.70 Å². The number of hydrogen-bond donors (Lipinski definition) is 1. The fourth-order valence-corrected chi connectivity index (χ4v) is 1.98. The van der Waals surface area contributed by atoms with Gasteiger partial charge in [0.15, 0.2) is 5.78 Å². The Morgan fingerprint density at radius 2 is 1.20 bits per heavy atom. The molecule has 0 saturated carbocycles. The monoisotopic (exact) mass is 207 g/mol. The zero-order valence-corrected chi connectivity index (χ0v) is 9.52. The smallest absolute Gasteiger partial charge is 0.205 e. The van der Waals surface area contributed by atoms with Crippen LogP contribution < -0.4 is 5.73 Å². The number of Topliss-reactive ketones (excluding diaryl/α,β-unsaturated/α-hetero) is 2. The molecule has 0 aromatic heterocycles. The summed E-state index contributed by atoms with van der Waals surface area (Å²) in [5, 5.41) is 0. The lowest BCUT2D eigenvalue weighted by Gasteiger charge is -2.19. The molecular formula is C12H17NO2. The SMILES string of the molecule is CCC1=C(N)C(=O)C(CC)=C(CC)C1=O. The van der Waals surface area contributed by atoms with Crippen molar-refractivity contribution in [2.75, 3.05) is 0 Å². The molecule has 0 fully saturated rings. The molecule has 15 heavy (non-hydrogen) atoms. The lowest BCUT2D eigenvalue weighted by Crippen LogP contribution is -2.27. The molecule has 0 aromatic rings. The maximum Gasteiger partial charge on any atom is 0.205 e. The van der Waals surface area contributed by atoms with Crippen LogP contribution >= 0.6 is 0 Å². The highest BCUT2D eigenvalue weighted by molar-refractivity contribution is 6.24. The summed E-state index contributed by atoms with van der Waals surface area (Å²) in [5.74, 6) is -0.181. The standard InChI is InChI=1S/C12H17NO2/c1-4-7-8(5-2)12(15)10(13)9(6-3)11(7)14/h4-6,13H2,1-3H3. The number of carbonyl (C=O) groups is 2. The van der Waals surface area contributed by atoms with E-state index in [-0.39, 0.29) is 17.3 Å². The first kappa shape index (κ1) is 11.7. The second-order valence-corrected chi connectivity index (χ2v) is 3.57. The minimum atomic E-state index is -0.147. The van der Waals surface area contributed by atoms with Gasteiger partial charge in [-0.25, -0.2) is 0 Å². The molecule has 0 saturated heterocycles. The molecule has 0 aliphatic heterocycles. The minimum absolute atomic E-state index is 0.0334. The fourth-order valence-electron chi connectivity index (χ4n) is 1.98. The van der Waals surface area contributed by atoms with E-state index in [0.29, 0.717) is 36.0 Å². The second kappa shape index (κ2) is 4.43. The second-order valence-electron chi connectivity index (χ2n) is 3.57. The number of ketones is 2. The van der Waals surface area contributed by atoms with Gasteiger partial charge in [0.2, 0.25) is 5.78 Å². The van der Waals surface area contributed by atoms with Gasteiger partial charge in [-0.15, -0.1) is 0 Å². The van der Waals surface area contributed by atoms with E-state index in [1.807, 2.05) is 20.8 Å². The van der Waals surface area contributed by atoms with E-state index in [2.05, 4.69) is 0 Å². The molecule has 0 radical (unpaired) electrons. The van der Waals surface area contributed by atoms with Crippen LogP contribution in [0.25, 0.3) is 0 Å². The van der Waals surface area contributed by atoms with Crippen molar-refractivity contribution in [3.8, 4) is 0 Å². The quantitative estimate of drug-likeness (QED) is 0.719. The van der Waals surface area contributed by atoms with Gasteiger partial charge in [-0.1, -0.05) is 20.8 Å². The summed E-state index contributed by atoms with van der Waals surface area (Å²) >= 11 is 0. The number of rotatable bonds is 3. The number of allylic oxidation sites excluding steroid dienone is 3. The van der Waals surface area contributed by atoms with Gasteiger partial charge in [-0.2, -0.15) is 0 Å². The Balaban J connectivity index is 3.31. The first-order chi connectivity index (χ1) is 7.08. The number of carbonyl (C=O) groups excluding carboxylic acids is 2. The van der Waals surface area contributed by atoms with Crippen molar-refractivity contribution in [2.24, 2.45) is 5.73 Å². The highest BCUT2D eigenvalue weighted by Gasteiger charge is 2.29. The van der Waals surface area contributed by atoms with Crippen LogP contribution in [0.3, 0.4) is 0 Å². The van der Waals surface area contributed by atoms with Gasteiger partial charge in [-0.05, 0) is 19.3 Å². The Hall–Kier alpha value is -1.38. The Morgan fingerprint density at radius 3 is 1.60 bits per heavy atom. The molecule has 1 aliphatic rings. The number of nitrogens with two attached hydrogens (primary N) is 1. The maximum atomic E-state index is 12.0. The molecule has 0 heterocycles. The van der Waals surface area contributed by atoms with E-state index in [1.165, 1.54) is 0 Å². The van der Waals surface area contributed by atoms with Crippen molar-refractivity contribution in [1.29, 1.82) is 0 Å². The van der Waals surface area contributed by atoms with Crippen LogP contribution in [0, 0.1) is 0 Å². The van der Waals surface area contributed by atoms with E-state index in [1.54, 1.807) is 0 Å². The predicted molar refractivity (Wildman–Crippen MR) is 59.1 cm³/mol. The maximum absolute atomic E-state index is 12.0. The third-order valence-electron chi connectivity index (χ3n) is 2.82. The topological polar surface area (TPSA) is 60.2 Å². The zero-order chi connectivity index (χ0) is 11.6. The van der Waals surface area contributed by atoms with Crippen LogP contribution in [0.4, 0.5) is 0 Å². The van der Waals surface area contributed by atoms with Crippen LogP contribution in [0.15, 0.2) is 22.4 Å². The lowest BCUT2D eigenvalue weighted by molar-refractivity contribution is -0.116. The molecular weight excluding hydrogens is 190 g/mol. The Bertz CT molecular complexity index is 375. The highest BCUT2D eigenvalue weighted by Crippen LogP contribution is 2.27. The fraction of sp³-hybridized carbons (Fsp3) is 0.500. The van der Waals surface area contributed by atoms with Gasteiger partial charge >= 0.3 is 0 Å². The van der Waals surface area contributed by atoms with Crippen molar-refractivity contribution in [3.63, 3.8) is 0 Å². The molecule has 0 atom stereocenters. The van der Waals surface area contributed by atoms with E-state index >= 15 is 0 Å². The first-order valence-corrected chi connectivity index (χ1v) is 5.38. The van der Waals surface area contributed by atoms with Gasteiger partial charge in [0.1, 0.15) is 0 Å². The normalized spacial score (nSPS) is 17.8. The summed E-state index contributed by atoms with van der Waals surface area (Å²) < 4.78 is 0. The third kappa shape index (κ3) is 1.74. The Morgan fingerprint density at radius 1 is 0.800 bits per heavy atom. The summed E-state index contributed by atoms with van der Waals surface area (Å²) in [6.45, 7) is 5.61. The van der Waals surface area contributed by atoms with E-state index in [4.69, 9.17) is 5.73 Å². The molecule has 0 aromatic carbocycles. The van der Waals surface area contributed by atoms with Crippen molar-refractivity contribution >= 4 is 11.6 Å². The molecule has 0 spiro atoms. The largest absolute Gasteiger partial charge is 0.395 e. The average Bonchev–Trinajstić information content (AvgIpc) is 2.23. The zero-order valence-electron chi connectivity index (χ0n) is 9.52. The molecule has 3 heteroatoms. The summed E-state index contributed by atoms with van der Waals surface area (Å²) in [7, 11) is 0. The summed E-state index contributed by atoms with van der Waals surface area (Å²) in [4.78, 5) is 23.8. The molecule has 0 unspecified atom stereocenters. The Labute approximate surface area is 90.0 Å². The van der Waals surface area contributed by atoms with Crippen LogP contribution in [-0.2, 0) is 9.59 Å². The summed E-state index contributed by atoms with van der Waals surface area (Å²) in [6, 6.07) is 0. The van der Waals surface area contributed by atoms with Crippen LogP contribution in [0.2, 0.25) is 0 Å². The molecule has 82 valence electrons. The third-order valence-corrected chi connectivity index (χ3v) is 2.82. The summed E-state index contributed by atoms with van der Waals surface area (Å²) in [6.07, 6.45) is 1.70. The molecule has 1 rings (SSSR count). The van der Waals surface area contributed by atoms with Crippen LogP contribution in [-0.4, -0.2) is 11.6 Å². The Kier molecular flexibility index (Phi) is 3.45. The number of hydrogen-bond acceptors (Lipinski definition) is 3. The molecule has 2 N–H and O–H groups in total. The molecule has 3 nitrogen and oxygen atoms in total. The van der Waals surface area contributed by atoms with Crippen molar-refractivity contribution in [1.82, 2.24) is 0 Å². The molecule has 0 amide bonds. The van der Waals surface area contributed by atoms with Gasteiger partial charge in [0.25, 0.3) is 0 Å². The van der Waals surface area contributed by atoms with Crippen molar-refractivity contribution in [2.45, 2.75) is 40.0 Å². The van der Waals surface area contributed by atoms with E-state index < -0.39 is 0 Å². The predicted octanol–water partition coefficient (Wildman–Crippen LogP) is 1.88. The van der Waals surface area contributed by atoms with Gasteiger partial charge in [0, 0.05) is 16.7 Å². The first-order valence-electron chi connectivity index (χ1n) is 5.38. The lowest BCUT2D eigenvalue weighted by atomic mass is 9.84. The van der Waals surface area contributed by atoms with Gasteiger partial charge < -0.3 is 5.73 Å². The van der Waals surface area contributed by atoms with Gasteiger partial charge in [-0.3, -0.25) is 9.59 Å². The van der Waals surface area contributed by atoms with Crippen molar-refractivity contribution in [3.05, 3.63) is 22.4 Å². The highest BCUT2D eigenvalue weighted by atomic mass is 16.1. The molecule has 1 aliphatic carbocycles. The van der Waals surface area contributed by atoms with Crippen LogP contribution in [0.1, 0.15) is 40.0 Å². The van der Waals surface area contributed by atoms with Crippen LogP contribution in [0.5, 0.6) is 0 Å².